The van der Waals surface area contributed by atoms with E-state index in [0.717, 1.165) is 4.57 Å². The summed E-state index contributed by atoms with van der Waals surface area (Å²) in [6, 6.07) is 0. The summed E-state index contributed by atoms with van der Waals surface area (Å²) in [5.41, 5.74) is -8.18. The zero-order valence-corrected chi connectivity index (χ0v) is 20.3. The molecule has 1 aromatic rings. The van der Waals surface area contributed by atoms with Crippen LogP contribution in [0.1, 0.15) is 33.9 Å². The smallest absolute Gasteiger partial charge is 0.414 e. The molecule has 0 fully saturated rings. The summed E-state index contributed by atoms with van der Waals surface area (Å²) >= 11 is 0. The first-order valence-electron chi connectivity index (χ1n) is 9.73. The van der Waals surface area contributed by atoms with E-state index in [0.29, 0.717) is 12.1 Å². The molecule has 0 bridgehead atoms. The maximum Gasteiger partial charge on any atom is 0.534 e. The number of H-pyrrole nitrogens is 1. The van der Waals surface area contributed by atoms with Gasteiger partial charge in [0, 0.05) is 0 Å². The van der Waals surface area contributed by atoms with E-state index in [1.165, 1.54) is 6.08 Å². The first-order valence-corrected chi connectivity index (χ1v) is 14.0. The topological polar surface area (TPSA) is 117 Å². The Labute approximate surface area is 184 Å². The van der Waals surface area contributed by atoms with Crippen LogP contribution in [0.4, 0.5) is 13.2 Å². The van der Waals surface area contributed by atoms with E-state index in [1.54, 1.807) is 11.1 Å². The van der Waals surface area contributed by atoms with Crippen molar-refractivity contribution in [2.75, 3.05) is 6.61 Å². The largest absolute Gasteiger partial charge is 0.534 e. The average Bonchev–Trinajstić information content (AvgIpc) is 3.09. The first-order chi connectivity index (χ1) is 14.4. The van der Waals surface area contributed by atoms with Crippen molar-refractivity contribution in [3.63, 3.8) is 0 Å². The zero-order valence-electron chi connectivity index (χ0n) is 18.5. The van der Waals surface area contributed by atoms with Gasteiger partial charge in [-0.1, -0.05) is 33.8 Å². The Kier molecular flexibility index (Phi) is 7.24. The highest BCUT2D eigenvalue weighted by molar-refractivity contribution is 7.88. The van der Waals surface area contributed by atoms with Gasteiger partial charge in [-0.3, -0.25) is 14.3 Å². The van der Waals surface area contributed by atoms with Crippen LogP contribution in [0, 0.1) is 5.92 Å². The molecule has 2 atom stereocenters. The van der Waals surface area contributed by atoms with Gasteiger partial charge >= 0.3 is 21.3 Å². The molecule has 32 heavy (non-hydrogen) atoms. The molecule has 0 amide bonds. The number of nitrogens with one attached hydrogen (secondary N) is 1. The van der Waals surface area contributed by atoms with E-state index < -0.39 is 53.3 Å². The highest BCUT2D eigenvalue weighted by atomic mass is 32.2. The molecule has 0 saturated carbocycles. The molecule has 9 nitrogen and oxygen atoms in total. The van der Waals surface area contributed by atoms with Crippen LogP contribution in [0.15, 0.2) is 27.9 Å². The van der Waals surface area contributed by atoms with Gasteiger partial charge in [-0.2, -0.15) is 21.6 Å². The molecule has 0 spiro atoms. The lowest BCUT2D eigenvalue weighted by Gasteiger charge is -2.42. The van der Waals surface area contributed by atoms with E-state index in [1.807, 2.05) is 0 Å². The van der Waals surface area contributed by atoms with Crippen LogP contribution >= 0.6 is 0 Å². The van der Waals surface area contributed by atoms with E-state index in [-0.39, 0.29) is 11.6 Å². The Hall–Kier alpha value is -1.90. The van der Waals surface area contributed by atoms with Crippen molar-refractivity contribution in [3.05, 3.63) is 39.2 Å². The van der Waals surface area contributed by atoms with Crippen LogP contribution in [0.3, 0.4) is 0 Å². The quantitative estimate of drug-likeness (QED) is 0.252. The number of ether oxygens (including phenoxy) is 1. The molecule has 1 aromatic heterocycles. The Balaban J connectivity index is 2.18. The third-order valence-electron chi connectivity index (χ3n) is 6.10. The summed E-state index contributed by atoms with van der Waals surface area (Å²) in [6.07, 6.45) is 1.95. The highest BCUT2D eigenvalue weighted by Crippen LogP contribution is 2.44. The van der Waals surface area contributed by atoms with Crippen LogP contribution in [0.5, 0.6) is 5.75 Å². The number of aromatic amines is 1. The summed E-state index contributed by atoms with van der Waals surface area (Å²) in [6.45, 7) is 12.8. The van der Waals surface area contributed by atoms with Crippen molar-refractivity contribution in [3.8, 4) is 5.75 Å². The molecular weight excluding hydrogens is 473 g/mol. The van der Waals surface area contributed by atoms with Gasteiger partial charge in [0.2, 0.25) is 5.75 Å². The summed E-state index contributed by atoms with van der Waals surface area (Å²) in [7, 11) is -8.25. The van der Waals surface area contributed by atoms with Gasteiger partial charge in [-0.05, 0) is 30.1 Å². The fourth-order valence-electron chi connectivity index (χ4n) is 2.79. The minimum Gasteiger partial charge on any atom is -0.414 e. The number of hydrogen-bond donors (Lipinski definition) is 1. The first kappa shape index (κ1) is 26.4. The van der Waals surface area contributed by atoms with E-state index >= 15 is 0 Å². The summed E-state index contributed by atoms with van der Waals surface area (Å²) in [4.78, 5) is 25.6. The molecule has 1 aliphatic heterocycles. The molecular formula is C18H27F3N2O7SSi. The van der Waals surface area contributed by atoms with Crippen molar-refractivity contribution in [2.24, 2.45) is 5.92 Å². The maximum atomic E-state index is 12.6. The lowest BCUT2D eigenvalue weighted by atomic mass is 9.99. The van der Waals surface area contributed by atoms with Gasteiger partial charge in [0.25, 0.3) is 5.56 Å². The number of alkyl halides is 3. The van der Waals surface area contributed by atoms with Crippen LogP contribution < -0.4 is 15.4 Å². The van der Waals surface area contributed by atoms with E-state index in [9.17, 15) is 31.2 Å². The molecule has 1 N–H and O–H groups in total. The molecule has 1 aliphatic rings. The van der Waals surface area contributed by atoms with Crippen LogP contribution in [0.25, 0.3) is 0 Å². The fraction of sp³-hybridized carbons (Fsp3) is 0.667. The second kappa shape index (κ2) is 8.80. The number of aromatic nitrogens is 2. The molecule has 14 heteroatoms. The molecule has 0 unspecified atom stereocenters. The number of rotatable bonds is 8. The molecule has 0 aliphatic carbocycles. The predicted molar refractivity (Wildman–Crippen MR) is 112 cm³/mol. The minimum absolute atomic E-state index is 0.0409. The van der Waals surface area contributed by atoms with Gasteiger partial charge < -0.3 is 13.3 Å². The van der Waals surface area contributed by atoms with Crippen molar-refractivity contribution in [1.82, 2.24) is 9.55 Å². The Morgan fingerprint density at radius 3 is 2.34 bits per heavy atom. The molecule has 0 aromatic carbocycles. The normalized spacial score (nSPS) is 20.2. The number of nitrogens with zero attached hydrogens (tertiary/aromatic N) is 1. The van der Waals surface area contributed by atoms with E-state index in [2.05, 4.69) is 45.0 Å². The van der Waals surface area contributed by atoms with Crippen molar-refractivity contribution >= 4 is 18.4 Å². The molecule has 2 heterocycles. The lowest BCUT2D eigenvalue weighted by molar-refractivity contribution is -0.0501. The molecule has 182 valence electrons. The summed E-state index contributed by atoms with van der Waals surface area (Å²) in [5, 5.41) is -0.0409. The lowest BCUT2D eigenvalue weighted by Crippen LogP contribution is -2.46. The highest BCUT2D eigenvalue weighted by Gasteiger charge is 2.49. The summed E-state index contributed by atoms with van der Waals surface area (Å²) < 4.78 is 76.6. The number of halogens is 3. The Bertz CT molecular complexity index is 1090. The number of hydrogen-bond acceptors (Lipinski definition) is 7. The second-order valence-electron chi connectivity index (χ2n) is 8.79. The third kappa shape index (κ3) is 5.35. The van der Waals surface area contributed by atoms with Gasteiger partial charge in [0.05, 0.1) is 12.8 Å². The SMILES string of the molecule is CC(C)C(C)(C)[Si](C)(C)OC[C@@H]1C=C[C@H](n2cc(OS(=O)(=O)C(F)(F)F)c(=O)[nH]c2=O)O1. The van der Waals surface area contributed by atoms with Gasteiger partial charge in [0.15, 0.2) is 14.5 Å². The fourth-order valence-corrected chi connectivity index (χ4v) is 5.59. The zero-order chi connectivity index (χ0) is 24.7. The van der Waals surface area contributed by atoms with E-state index in [4.69, 9.17) is 9.16 Å². The minimum atomic E-state index is -6.09. The van der Waals surface area contributed by atoms with Gasteiger partial charge in [-0.15, -0.1) is 0 Å². The molecule has 2 rings (SSSR count). The maximum absolute atomic E-state index is 12.6. The van der Waals surface area contributed by atoms with Crippen LogP contribution in [0.2, 0.25) is 18.1 Å². The van der Waals surface area contributed by atoms with Crippen LogP contribution in [-0.2, 0) is 19.3 Å². The standard InChI is InChI=1S/C18H27F3N2O7SSi/c1-11(2)17(3,4)32(5,6)28-10-12-7-8-14(29-12)23-9-13(15(24)22-16(23)25)30-31(26,27)18(19,20)21/h7-9,11-12,14H,10H2,1-6H3,(H,22,24,25)/t12-,14+/m0/s1. The predicted octanol–water partition coefficient (Wildman–Crippen LogP) is 2.88. The monoisotopic (exact) mass is 500 g/mol. The average molecular weight is 501 g/mol. The van der Waals surface area contributed by atoms with Crippen molar-refractivity contribution < 1.29 is 34.9 Å². The van der Waals surface area contributed by atoms with Crippen molar-refractivity contribution in [2.45, 2.75) is 63.7 Å². The van der Waals surface area contributed by atoms with Crippen molar-refractivity contribution in [1.29, 1.82) is 0 Å². The summed E-state index contributed by atoms with van der Waals surface area (Å²) in [5.74, 6) is -0.839. The van der Waals surface area contributed by atoms with Gasteiger partial charge in [-0.25, -0.2) is 4.79 Å². The Morgan fingerprint density at radius 1 is 1.22 bits per heavy atom. The molecule has 0 radical (unpaired) electrons. The van der Waals surface area contributed by atoms with Gasteiger partial charge in [0.1, 0.15) is 6.10 Å². The third-order valence-corrected chi connectivity index (χ3v) is 11.6. The Morgan fingerprint density at radius 2 is 1.81 bits per heavy atom. The second-order valence-corrected chi connectivity index (χ2v) is 14.9. The van der Waals surface area contributed by atoms with Crippen LogP contribution in [-0.4, -0.2) is 44.5 Å². The molecule has 0 saturated heterocycles.